The van der Waals surface area contributed by atoms with Gasteiger partial charge in [0.2, 0.25) is 5.91 Å². The molecule has 1 amide bonds. The number of ketones is 1. The van der Waals surface area contributed by atoms with Gasteiger partial charge in [0, 0.05) is 12.3 Å². The van der Waals surface area contributed by atoms with E-state index in [1.165, 1.54) is 6.92 Å². The highest BCUT2D eigenvalue weighted by atomic mass is 32.2. The van der Waals surface area contributed by atoms with E-state index in [4.69, 9.17) is 23.7 Å². The molecule has 0 aromatic rings. The Kier molecular flexibility index (Phi) is 20.0. The second-order valence-corrected chi connectivity index (χ2v) is 6.27. The van der Waals surface area contributed by atoms with Gasteiger partial charge in [-0.25, -0.2) is 0 Å². The third-order valence-electron chi connectivity index (χ3n) is 2.90. The molecule has 9 heteroatoms. The van der Waals surface area contributed by atoms with E-state index in [-0.39, 0.29) is 18.1 Å². The maximum absolute atomic E-state index is 11.2. The number of rotatable bonds is 20. The Labute approximate surface area is 160 Å². The van der Waals surface area contributed by atoms with Gasteiger partial charge in [0.1, 0.15) is 5.78 Å². The van der Waals surface area contributed by atoms with Crippen LogP contribution in [-0.2, 0) is 33.3 Å². The van der Waals surface area contributed by atoms with E-state index in [9.17, 15) is 9.59 Å². The summed E-state index contributed by atoms with van der Waals surface area (Å²) >= 11 is 1.76. The van der Waals surface area contributed by atoms with Gasteiger partial charge in [-0.05, 0) is 13.2 Å². The number of thioether (sulfide) groups is 1. The Hall–Kier alpha value is -0.710. The van der Waals surface area contributed by atoms with Gasteiger partial charge in [-0.2, -0.15) is 11.8 Å². The van der Waals surface area contributed by atoms with Crippen molar-refractivity contribution in [3.8, 4) is 0 Å². The van der Waals surface area contributed by atoms with Gasteiger partial charge in [-0.3, -0.25) is 9.59 Å². The summed E-state index contributed by atoms with van der Waals surface area (Å²) in [5, 5.41) is 2.60. The summed E-state index contributed by atoms with van der Waals surface area (Å²) in [7, 11) is 0. The molecule has 0 aliphatic heterocycles. The first-order chi connectivity index (χ1) is 12.7. The van der Waals surface area contributed by atoms with Crippen LogP contribution < -0.4 is 5.32 Å². The second kappa shape index (κ2) is 20.6. The van der Waals surface area contributed by atoms with Crippen LogP contribution in [0.1, 0.15) is 13.3 Å². The van der Waals surface area contributed by atoms with Crippen molar-refractivity contribution in [2.24, 2.45) is 0 Å². The smallest absolute Gasteiger partial charge is 0.227 e. The van der Waals surface area contributed by atoms with Crippen molar-refractivity contribution < 1.29 is 33.3 Å². The summed E-state index contributed by atoms with van der Waals surface area (Å²) < 4.78 is 26.7. The van der Waals surface area contributed by atoms with Crippen LogP contribution in [0.2, 0.25) is 0 Å². The molecule has 0 aromatic heterocycles. The standard InChI is InChI=1S/C17H33NO7S/c1-16(19)15-17(20)18-3-4-21-5-6-22-7-8-23-9-10-24-11-12-25-13-14-26-2/h3-15H2,1-2H3,(H,18,20). The molecule has 0 aliphatic carbocycles. The molecule has 0 rings (SSSR count). The van der Waals surface area contributed by atoms with Crippen LogP contribution in [0.5, 0.6) is 0 Å². The second-order valence-electron chi connectivity index (χ2n) is 5.28. The van der Waals surface area contributed by atoms with E-state index in [0.717, 1.165) is 12.4 Å². The van der Waals surface area contributed by atoms with Gasteiger partial charge in [-0.15, -0.1) is 0 Å². The first kappa shape index (κ1) is 25.3. The quantitative estimate of drug-likeness (QED) is 0.236. The van der Waals surface area contributed by atoms with Crippen molar-refractivity contribution in [3.63, 3.8) is 0 Å². The predicted octanol–water partition coefficient (Wildman–Crippen LogP) is 0.528. The monoisotopic (exact) mass is 395 g/mol. The van der Waals surface area contributed by atoms with E-state index in [0.29, 0.717) is 66.0 Å². The van der Waals surface area contributed by atoms with Crippen LogP contribution in [0.15, 0.2) is 0 Å². The van der Waals surface area contributed by atoms with Gasteiger partial charge < -0.3 is 29.0 Å². The predicted molar refractivity (Wildman–Crippen MR) is 101 cm³/mol. The van der Waals surface area contributed by atoms with Crippen molar-refractivity contribution in [3.05, 3.63) is 0 Å². The zero-order valence-corrected chi connectivity index (χ0v) is 16.8. The molecule has 0 atom stereocenters. The van der Waals surface area contributed by atoms with Crippen molar-refractivity contribution in [2.75, 3.05) is 84.6 Å². The number of nitrogens with one attached hydrogen (secondary N) is 1. The van der Waals surface area contributed by atoms with Gasteiger partial charge in [0.25, 0.3) is 0 Å². The third-order valence-corrected chi connectivity index (χ3v) is 3.47. The molecule has 0 saturated carbocycles. The summed E-state index contributed by atoms with van der Waals surface area (Å²) in [5.74, 6) is 0.578. The van der Waals surface area contributed by atoms with Crippen LogP contribution in [0, 0.1) is 0 Å². The molecule has 0 heterocycles. The SMILES string of the molecule is CSCCOCCOCCOCCOCCOCCNC(=O)CC(C)=O. The van der Waals surface area contributed by atoms with Crippen LogP contribution in [0.3, 0.4) is 0 Å². The highest BCUT2D eigenvalue weighted by Gasteiger charge is 2.03. The van der Waals surface area contributed by atoms with Gasteiger partial charge in [0.05, 0.1) is 72.5 Å². The van der Waals surface area contributed by atoms with Crippen molar-refractivity contribution in [2.45, 2.75) is 13.3 Å². The topological polar surface area (TPSA) is 92.3 Å². The lowest BCUT2D eigenvalue weighted by Gasteiger charge is -2.08. The van der Waals surface area contributed by atoms with Crippen molar-refractivity contribution >= 4 is 23.5 Å². The molecule has 8 nitrogen and oxygen atoms in total. The molecule has 0 spiro atoms. The Bertz CT molecular complexity index is 345. The average Bonchev–Trinajstić information content (AvgIpc) is 2.60. The first-order valence-electron chi connectivity index (χ1n) is 8.80. The fraction of sp³-hybridized carbons (Fsp3) is 0.882. The van der Waals surface area contributed by atoms with Crippen LogP contribution in [0.25, 0.3) is 0 Å². The number of Topliss-reactive ketones (excluding diaryl/α,β-unsaturated/α-hetero) is 1. The Balaban J connectivity index is 3.07. The van der Waals surface area contributed by atoms with Crippen molar-refractivity contribution in [1.29, 1.82) is 0 Å². The lowest BCUT2D eigenvalue weighted by molar-refractivity contribution is -0.127. The average molecular weight is 396 g/mol. The summed E-state index contributed by atoms with van der Waals surface area (Å²) in [6, 6.07) is 0. The Morgan fingerprint density at radius 3 is 1.58 bits per heavy atom. The molecular weight excluding hydrogens is 362 g/mol. The molecule has 0 radical (unpaired) electrons. The van der Waals surface area contributed by atoms with Gasteiger partial charge in [0.15, 0.2) is 0 Å². The molecular formula is C17H33NO7S. The lowest BCUT2D eigenvalue weighted by atomic mass is 10.3. The Morgan fingerprint density at radius 2 is 1.15 bits per heavy atom. The zero-order valence-electron chi connectivity index (χ0n) is 16.0. The number of ether oxygens (including phenoxy) is 5. The molecule has 26 heavy (non-hydrogen) atoms. The Morgan fingerprint density at radius 1 is 0.731 bits per heavy atom. The summed E-state index contributed by atoms with van der Waals surface area (Å²) in [6.45, 7) is 7.12. The number of carbonyl (C=O) groups excluding carboxylic acids is 2. The molecule has 0 saturated heterocycles. The first-order valence-corrected chi connectivity index (χ1v) is 10.2. The normalized spacial score (nSPS) is 10.8. The molecule has 154 valence electrons. The lowest BCUT2D eigenvalue weighted by Crippen LogP contribution is -2.28. The maximum atomic E-state index is 11.2. The summed E-state index contributed by atoms with van der Waals surface area (Å²) in [5.41, 5.74) is 0. The van der Waals surface area contributed by atoms with E-state index in [2.05, 4.69) is 11.6 Å². The van der Waals surface area contributed by atoms with E-state index < -0.39 is 0 Å². The van der Waals surface area contributed by atoms with Gasteiger partial charge in [-0.1, -0.05) is 0 Å². The minimum Gasteiger partial charge on any atom is -0.378 e. The third kappa shape index (κ3) is 21.3. The van der Waals surface area contributed by atoms with Crippen LogP contribution >= 0.6 is 11.8 Å². The van der Waals surface area contributed by atoms with Crippen molar-refractivity contribution in [1.82, 2.24) is 5.32 Å². The number of hydrogen-bond acceptors (Lipinski definition) is 8. The fourth-order valence-corrected chi connectivity index (χ4v) is 1.96. The molecule has 0 bridgehead atoms. The number of amides is 1. The molecule has 0 aliphatic rings. The molecule has 0 aromatic carbocycles. The maximum Gasteiger partial charge on any atom is 0.227 e. The minimum atomic E-state index is -0.276. The van der Waals surface area contributed by atoms with E-state index in [1.807, 2.05) is 0 Å². The number of hydrogen-bond donors (Lipinski definition) is 1. The van der Waals surface area contributed by atoms with E-state index in [1.54, 1.807) is 11.8 Å². The largest absolute Gasteiger partial charge is 0.378 e. The van der Waals surface area contributed by atoms with Crippen LogP contribution in [0.4, 0.5) is 0 Å². The zero-order chi connectivity index (χ0) is 19.3. The van der Waals surface area contributed by atoms with Gasteiger partial charge >= 0.3 is 0 Å². The molecule has 0 unspecified atom stereocenters. The fourth-order valence-electron chi connectivity index (χ4n) is 1.68. The van der Waals surface area contributed by atoms with E-state index >= 15 is 0 Å². The highest BCUT2D eigenvalue weighted by Crippen LogP contribution is 1.90. The summed E-state index contributed by atoms with van der Waals surface area (Å²) in [4.78, 5) is 21.9. The minimum absolute atomic E-state index is 0.0832. The molecule has 0 fully saturated rings. The number of carbonyl (C=O) groups is 2. The van der Waals surface area contributed by atoms with Crippen LogP contribution in [-0.4, -0.2) is 96.3 Å². The summed E-state index contributed by atoms with van der Waals surface area (Å²) in [6.07, 6.45) is 1.97. The molecule has 1 N–H and O–H groups in total. The highest BCUT2D eigenvalue weighted by molar-refractivity contribution is 7.98.